The summed E-state index contributed by atoms with van der Waals surface area (Å²) in [5.41, 5.74) is 1.27. The van der Waals surface area contributed by atoms with Crippen LogP contribution in [-0.2, 0) is 4.74 Å². The van der Waals surface area contributed by atoms with Crippen LogP contribution in [0.3, 0.4) is 0 Å². The lowest BCUT2D eigenvalue weighted by Gasteiger charge is -2.27. The van der Waals surface area contributed by atoms with Crippen LogP contribution in [0.1, 0.15) is 37.0 Å². The maximum Gasteiger partial charge on any atom is 0.319 e. The van der Waals surface area contributed by atoms with Gasteiger partial charge < -0.3 is 20.3 Å². The SMILES string of the molecule is CCN(C(=O)c1ccc(NC(=O)NC2CC2)cc1)[C@H](C)COC. The summed E-state index contributed by atoms with van der Waals surface area (Å²) < 4.78 is 5.12. The highest BCUT2D eigenvalue weighted by atomic mass is 16.5. The summed E-state index contributed by atoms with van der Waals surface area (Å²) in [5.74, 6) is -0.0361. The first kappa shape index (κ1) is 17.3. The lowest BCUT2D eigenvalue weighted by Crippen LogP contribution is -2.40. The highest BCUT2D eigenvalue weighted by Crippen LogP contribution is 2.19. The van der Waals surface area contributed by atoms with Crippen molar-refractivity contribution in [3.8, 4) is 0 Å². The molecule has 6 heteroatoms. The fraction of sp³-hybridized carbons (Fsp3) is 0.529. The van der Waals surface area contributed by atoms with Crippen LogP contribution in [0.25, 0.3) is 0 Å². The molecule has 0 aromatic heterocycles. The van der Waals surface area contributed by atoms with Crippen molar-refractivity contribution >= 4 is 17.6 Å². The summed E-state index contributed by atoms with van der Waals surface area (Å²) in [5, 5.41) is 5.63. The molecule has 1 saturated carbocycles. The lowest BCUT2D eigenvalue weighted by atomic mass is 10.1. The van der Waals surface area contributed by atoms with Gasteiger partial charge in [0.25, 0.3) is 5.91 Å². The number of hydrogen-bond donors (Lipinski definition) is 2. The van der Waals surface area contributed by atoms with E-state index in [9.17, 15) is 9.59 Å². The van der Waals surface area contributed by atoms with E-state index in [0.29, 0.717) is 30.4 Å². The normalized spacial score (nSPS) is 14.9. The Morgan fingerprint density at radius 2 is 1.96 bits per heavy atom. The number of anilines is 1. The zero-order valence-corrected chi connectivity index (χ0v) is 14.0. The van der Waals surface area contributed by atoms with Crippen molar-refractivity contribution in [2.24, 2.45) is 0 Å². The third-order valence-electron chi connectivity index (χ3n) is 3.84. The first-order valence-electron chi connectivity index (χ1n) is 8.02. The molecule has 1 fully saturated rings. The number of carbonyl (C=O) groups excluding carboxylic acids is 2. The van der Waals surface area contributed by atoms with Gasteiger partial charge in [-0.15, -0.1) is 0 Å². The second kappa shape index (κ2) is 7.97. The number of hydrogen-bond acceptors (Lipinski definition) is 3. The van der Waals surface area contributed by atoms with Gasteiger partial charge >= 0.3 is 6.03 Å². The van der Waals surface area contributed by atoms with Crippen LogP contribution in [-0.4, -0.2) is 49.2 Å². The number of urea groups is 1. The summed E-state index contributed by atoms with van der Waals surface area (Å²) in [6, 6.07) is 7.09. The first-order valence-corrected chi connectivity index (χ1v) is 8.02. The highest BCUT2D eigenvalue weighted by Gasteiger charge is 2.23. The number of benzene rings is 1. The zero-order chi connectivity index (χ0) is 16.8. The van der Waals surface area contributed by atoms with Crippen molar-refractivity contribution in [3.05, 3.63) is 29.8 Å². The van der Waals surface area contributed by atoms with Gasteiger partial charge in [0.05, 0.1) is 12.6 Å². The number of nitrogens with one attached hydrogen (secondary N) is 2. The van der Waals surface area contributed by atoms with E-state index in [1.807, 2.05) is 13.8 Å². The minimum absolute atomic E-state index is 0.0135. The molecule has 0 unspecified atom stereocenters. The van der Waals surface area contributed by atoms with Crippen molar-refractivity contribution in [2.75, 3.05) is 25.6 Å². The van der Waals surface area contributed by atoms with Crippen LogP contribution in [0.4, 0.5) is 10.5 Å². The number of nitrogens with zero attached hydrogens (tertiary/aromatic N) is 1. The molecule has 0 aliphatic heterocycles. The van der Waals surface area contributed by atoms with E-state index in [1.165, 1.54) is 0 Å². The molecule has 1 aliphatic rings. The predicted molar refractivity (Wildman–Crippen MR) is 89.7 cm³/mol. The molecule has 0 radical (unpaired) electrons. The average Bonchev–Trinajstić information content (AvgIpc) is 3.32. The molecule has 6 nitrogen and oxygen atoms in total. The Morgan fingerprint density at radius 1 is 1.30 bits per heavy atom. The molecule has 1 aromatic carbocycles. The van der Waals surface area contributed by atoms with Crippen molar-refractivity contribution in [1.82, 2.24) is 10.2 Å². The molecule has 3 amide bonds. The Kier molecular flexibility index (Phi) is 5.98. The third kappa shape index (κ3) is 4.96. The van der Waals surface area contributed by atoms with Crippen molar-refractivity contribution < 1.29 is 14.3 Å². The van der Waals surface area contributed by atoms with E-state index in [0.717, 1.165) is 12.8 Å². The summed E-state index contributed by atoms with van der Waals surface area (Å²) in [7, 11) is 1.63. The lowest BCUT2D eigenvalue weighted by molar-refractivity contribution is 0.0579. The van der Waals surface area contributed by atoms with Crippen molar-refractivity contribution in [3.63, 3.8) is 0 Å². The number of carbonyl (C=O) groups is 2. The molecule has 0 heterocycles. The number of methoxy groups -OCH3 is 1. The number of likely N-dealkylation sites (N-methyl/N-ethyl adjacent to an activating group) is 1. The average molecular weight is 319 g/mol. The van der Waals surface area contributed by atoms with E-state index in [-0.39, 0.29) is 18.0 Å². The maximum absolute atomic E-state index is 12.6. The number of ether oxygens (including phenoxy) is 1. The molecule has 2 rings (SSSR count). The van der Waals surface area contributed by atoms with Gasteiger partial charge in [0.2, 0.25) is 0 Å². The summed E-state index contributed by atoms with van der Waals surface area (Å²) >= 11 is 0. The van der Waals surface area contributed by atoms with Crippen molar-refractivity contribution in [1.29, 1.82) is 0 Å². The minimum Gasteiger partial charge on any atom is -0.383 e. The van der Waals surface area contributed by atoms with E-state index in [1.54, 1.807) is 36.3 Å². The van der Waals surface area contributed by atoms with Crippen LogP contribution in [0, 0.1) is 0 Å². The molecule has 0 spiro atoms. The Balaban J connectivity index is 1.96. The summed E-state index contributed by atoms with van der Waals surface area (Å²) in [6.45, 7) is 5.03. The molecule has 1 atom stereocenters. The van der Waals surface area contributed by atoms with E-state index >= 15 is 0 Å². The van der Waals surface area contributed by atoms with E-state index in [4.69, 9.17) is 4.74 Å². The topological polar surface area (TPSA) is 70.7 Å². The minimum atomic E-state index is -0.199. The number of amides is 3. The molecule has 2 N–H and O–H groups in total. The van der Waals surface area contributed by atoms with Crippen LogP contribution < -0.4 is 10.6 Å². The van der Waals surface area contributed by atoms with Gasteiger partial charge in [-0.05, 0) is 51.0 Å². The molecular formula is C17H25N3O3. The second-order valence-electron chi connectivity index (χ2n) is 5.85. The van der Waals surface area contributed by atoms with Gasteiger partial charge in [0.15, 0.2) is 0 Å². The molecule has 0 bridgehead atoms. The van der Waals surface area contributed by atoms with Gasteiger partial charge in [-0.3, -0.25) is 4.79 Å². The molecule has 126 valence electrons. The van der Waals surface area contributed by atoms with E-state index in [2.05, 4.69) is 10.6 Å². The summed E-state index contributed by atoms with van der Waals surface area (Å²) in [6.07, 6.45) is 2.10. The molecule has 0 saturated heterocycles. The molecular weight excluding hydrogens is 294 g/mol. The third-order valence-corrected chi connectivity index (χ3v) is 3.84. The molecule has 23 heavy (non-hydrogen) atoms. The summed E-state index contributed by atoms with van der Waals surface area (Å²) in [4.78, 5) is 26.0. The van der Waals surface area contributed by atoms with Gasteiger partial charge in [-0.2, -0.15) is 0 Å². The van der Waals surface area contributed by atoms with Crippen LogP contribution >= 0.6 is 0 Å². The Labute approximate surface area is 137 Å². The quantitative estimate of drug-likeness (QED) is 0.811. The second-order valence-corrected chi connectivity index (χ2v) is 5.85. The fourth-order valence-corrected chi connectivity index (χ4v) is 2.43. The zero-order valence-electron chi connectivity index (χ0n) is 14.0. The van der Waals surface area contributed by atoms with Crippen LogP contribution in [0.2, 0.25) is 0 Å². The Bertz CT molecular complexity index is 541. The maximum atomic E-state index is 12.6. The highest BCUT2D eigenvalue weighted by molar-refractivity contribution is 5.95. The standard InChI is InChI=1S/C17H25N3O3/c1-4-20(12(2)11-23-3)16(21)13-5-7-14(8-6-13)18-17(22)19-15-9-10-15/h5-8,12,15H,4,9-11H2,1-3H3,(H2,18,19,22)/t12-/m1/s1. The van der Waals surface area contributed by atoms with Gasteiger partial charge in [-0.1, -0.05) is 0 Å². The van der Waals surface area contributed by atoms with Gasteiger partial charge in [0.1, 0.15) is 0 Å². The monoisotopic (exact) mass is 319 g/mol. The first-order chi connectivity index (χ1) is 11.0. The predicted octanol–water partition coefficient (Wildman–Crippen LogP) is 2.47. The number of rotatable bonds is 7. The fourth-order valence-electron chi connectivity index (χ4n) is 2.43. The smallest absolute Gasteiger partial charge is 0.319 e. The molecule has 1 aromatic rings. The van der Waals surface area contributed by atoms with E-state index < -0.39 is 0 Å². The van der Waals surface area contributed by atoms with Crippen LogP contribution in [0.5, 0.6) is 0 Å². The van der Waals surface area contributed by atoms with Gasteiger partial charge in [0, 0.05) is 30.9 Å². The largest absolute Gasteiger partial charge is 0.383 e. The van der Waals surface area contributed by atoms with Crippen molar-refractivity contribution in [2.45, 2.75) is 38.8 Å². The van der Waals surface area contributed by atoms with Gasteiger partial charge in [-0.25, -0.2) is 4.79 Å². The molecule has 1 aliphatic carbocycles. The Hall–Kier alpha value is -2.08. The van der Waals surface area contributed by atoms with Crippen LogP contribution in [0.15, 0.2) is 24.3 Å². The Morgan fingerprint density at radius 3 is 2.48 bits per heavy atom.